The van der Waals surface area contributed by atoms with Crippen molar-refractivity contribution in [3.8, 4) is 0 Å². The van der Waals surface area contributed by atoms with E-state index in [0.29, 0.717) is 18.2 Å². The van der Waals surface area contributed by atoms with Crippen LogP contribution in [0, 0.1) is 19.8 Å². The van der Waals surface area contributed by atoms with Crippen molar-refractivity contribution >= 4 is 5.91 Å². The summed E-state index contributed by atoms with van der Waals surface area (Å²) in [6.45, 7) is 5.96. The summed E-state index contributed by atoms with van der Waals surface area (Å²) < 4.78 is 6.71. The van der Waals surface area contributed by atoms with Crippen molar-refractivity contribution in [1.29, 1.82) is 0 Å². The minimum absolute atomic E-state index is 0.0322. The maximum atomic E-state index is 11.9. The molecule has 0 aliphatic carbocycles. The molecule has 21 heavy (non-hydrogen) atoms. The lowest BCUT2D eigenvalue weighted by atomic mass is 10.0. The zero-order valence-corrected chi connectivity index (χ0v) is 12.7. The molecule has 6 nitrogen and oxygen atoms in total. The van der Waals surface area contributed by atoms with Crippen molar-refractivity contribution < 1.29 is 9.53 Å². The molecule has 0 bridgehead atoms. The summed E-state index contributed by atoms with van der Waals surface area (Å²) in [6.07, 6.45) is 3.14. The Balaban J connectivity index is 1.75. The fourth-order valence-electron chi connectivity index (χ4n) is 2.60. The number of hydrogen-bond donors (Lipinski definition) is 1. The lowest BCUT2D eigenvalue weighted by Crippen LogP contribution is -2.35. The lowest BCUT2D eigenvalue weighted by molar-refractivity contribution is -0.121. The first kappa shape index (κ1) is 15.7. The summed E-state index contributed by atoms with van der Waals surface area (Å²) in [5.41, 5.74) is 1.06. The van der Waals surface area contributed by atoms with Gasteiger partial charge in [-0.05, 0) is 45.1 Å². The SMILES string of the molecule is Cc1cc(C)n(CC(=O)NCCC[C@H]2CCOC2)c(=O)n1. The maximum absolute atomic E-state index is 11.9. The molecular weight excluding hydrogens is 270 g/mol. The number of nitrogens with one attached hydrogen (secondary N) is 1. The quantitative estimate of drug-likeness (QED) is 0.787. The minimum atomic E-state index is -0.370. The van der Waals surface area contributed by atoms with Crippen molar-refractivity contribution in [2.24, 2.45) is 5.92 Å². The Hall–Kier alpha value is -1.69. The summed E-state index contributed by atoms with van der Waals surface area (Å²) in [4.78, 5) is 27.5. The van der Waals surface area contributed by atoms with Gasteiger partial charge in [-0.1, -0.05) is 0 Å². The monoisotopic (exact) mass is 293 g/mol. The summed E-state index contributed by atoms with van der Waals surface area (Å²) in [5.74, 6) is 0.488. The molecule has 0 saturated carbocycles. The summed E-state index contributed by atoms with van der Waals surface area (Å²) in [7, 11) is 0. The Kier molecular flexibility index (Phi) is 5.50. The summed E-state index contributed by atoms with van der Waals surface area (Å²) in [6, 6.07) is 1.80. The van der Waals surface area contributed by atoms with E-state index >= 15 is 0 Å². The van der Waals surface area contributed by atoms with Gasteiger partial charge in [0.2, 0.25) is 5.91 Å². The van der Waals surface area contributed by atoms with Gasteiger partial charge in [0.1, 0.15) is 6.54 Å². The van der Waals surface area contributed by atoms with Crippen LogP contribution < -0.4 is 11.0 Å². The van der Waals surface area contributed by atoms with Gasteiger partial charge in [-0.15, -0.1) is 0 Å². The summed E-state index contributed by atoms with van der Waals surface area (Å²) in [5, 5.41) is 2.86. The molecule has 1 aromatic heterocycles. The van der Waals surface area contributed by atoms with E-state index in [0.717, 1.165) is 38.2 Å². The molecule has 0 radical (unpaired) electrons. The van der Waals surface area contributed by atoms with Gasteiger partial charge in [-0.3, -0.25) is 9.36 Å². The van der Waals surface area contributed by atoms with Gasteiger partial charge in [0.05, 0.1) is 0 Å². The lowest BCUT2D eigenvalue weighted by Gasteiger charge is -2.11. The number of aromatic nitrogens is 2. The van der Waals surface area contributed by atoms with Gasteiger partial charge in [-0.25, -0.2) is 4.79 Å². The van der Waals surface area contributed by atoms with Crippen LogP contribution in [0.1, 0.15) is 30.7 Å². The first-order chi connectivity index (χ1) is 10.1. The Morgan fingerprint density at radius 1 is 1.52 bits per heavy atom. The van der Waals surface area contributed by atoms with Gasteiger partial charge in [0, 0.05) is 31.1 Å². The molecule has 1 N–H and O–H groups in total. The van der Waals surface area contributed by atoms with E-state index in [2.05, 4.69) is 10.3 Å². The van der Waals surface area contributed by atoms with Gasteiger partial charge < -0.3 is 10.1 Å². The van der Waals surface area contributed by atoms with Crippen LogP contribution >= 0.6 is 0 Å². The van der Waals surface area contributed by atoms with Crippen molar-refractivity contribution in [2.45, 2.75) is 39.7 Å². The average molecular weight is 293 g/mol. The fraction of sp³-hybridized carbons (Fsp3) is 0.667. The number of ether oxygens (including phenoxy) is 1. The predicted octanol–water partition coefficient (Wildman–Crippen LogP) is 0.793. The van der Waals surface area contributed by atoms with Gasteiger partial charge >= 0.3 is 5.69 Å². The Morgan fingerprint density at radius 3 is 3.00 bits per heavy atom. The highest BCUT2D eigenvalue weighted by Gasteiger charge is 2.15. The van der Waals surface area contributed by atoms with Crippen molar-refractivity contribution in [3.05, 3.63) is 27.9 Å². The molecule has 116 valence electrons. The zero-order valence-electron chi connectivity index (χ0n) is 12.7. The molecule has 0 unspecified atom stereocenters. The highest BCUT2D eigenvalue weighted by molar-refractivity contribution is 5.75. The zero-order chi connectivity index (χ0) is 15.2. The third-order valence-electron chi connectivity index (χ3n) is 3.78. The Bertz CT molecular complexity index is 548. The second-order valence-corrected chi connectivity index (χ2v) is 5.63. The number of aryl methyl sites for hydroxylation is 2. The highest BCUT2D eigenvalue weighted by atomic mass is 16.5. The molecule has 1 aliphatic heterocycles. The van der Waals surface area contributed by atoms with Crippen LogP contribution in [0.3, 0.4) is 0 Å². The van der Waals surface area contributed by atoms with Crippen LogP contribution in [0.2, 0.25) is 0 Å². The number of carbonyl (C=O) groups excluding carboxylic acids is 1. The fourth-order valence-corrected chi connectivity index (χ4v) is 2.60. The third-order valence-corrected chi connectivity index (χ3v) is 3.78. The number of carbonyl (C=O) groups is 1. The Labute approximate surface area is 124 Å². The smallest absolute Gasteiger partial charge is 0.348 e. The van der Waals surface area contributed by atoms with Crippen LogP contribution in [0.5, 0.6) is 0 Å². The van der Waals surface area contributed by atoms with Crippen LogP contribution in [-0.2, 0) is 16.1 Å². The van der Waals surface area contributed by atoms with Gasteiger partial charge in [0.25, 0.3) is 0 Å². The number of amides is 1. The highest BCUT2D eigenvalue weighted by Crippen LogP contribution is 2.17. The molecule has 0 spiro atoms. The van der Waals surface area contributed by atoms with Crippen LogP contribution in [-0.4, -0.2) is 35.2 Å². The van der Waals surface area contributed by atoms with Crippen molar-refractivity contribution in [2.75, 3.05) is 19.8 Å². The Morgan fingerprint density at radius 2 is 2.33 bits per heavy atom. The second kappa shape index (κ2) is 7.36. The number of rotatable bonds is 6. The topological polar surface area (TPSA) is 73.2 Å². The average Bonchev–Trinajstić information content (AvgIpc) is 2.92. The molecule has 0 aromatic carbocycles. The third kappa shape index (κ3) is 4.67. The van der Waals surface area contributed by atoms with E-state index in [1.165, 1.54) is 4.57 Å². The predicted molar refractivity (Wildman–Crippen MR) is 79.1 cm³/mol. The molecule has 6 heteroatoms. The van der Waals surface area contributed by atoms with E-state index in [-0.39, 0.29) is 18.1 Å². The van der Waals surface area contributed by atoms with Gasteiger partial charge in [0.15, 0.2) is 0 Å². The summed E-state index contributed by atoms with van der Waals surface area (Å²) >= 11 is 0. The molecule has 2 rings (SSSR count). The first-order valence-electron chi connectivity index (χ1n) is 7.46. The maximum Gasteiger partial charge on any atom is 0.348 e. The molecule has 1 atom stereocenters. The van der Waals surface area contributed by atoms with E-state index in [9.17, 15) is 9.59 Å². The van der Waals surface area contributed by atoms with E-state index < -0.39 is 0 Å². The van der Waals surface area contributed by atoms with E-state index in [1.54, 1.807) is 13.0 Å². The molecule has 1 saturated heterocycles. The van der Waals surface area contributed by atoms with Crippen molar-refractivity contribution in [3.63, 3.8) is 0 Å². The standard InChI is InChI=1S/C15H23N3O3/c1-11-8-12(2)18(15(20)17-11)9-14(19)16-6-3-4-13-5-7-21-10-13/h8,13H,3-7,9-10H2,1-2H3,(H,16,19)/t13-/m0/s1. The largest absolute Gasteiger partial charge is 0.381 e. The molecular formula is C15H23N3O3. The normalized spacial score (nSPS) is 17.9. The van der Waals surface area contributed by atoms with Crippen LogP contribution in [0.25, 0.3) is 0 Å². The van der Waals surface area contributed by atoms with Crippen LogP contribution in [0.15, 0.2) is 10.9 Å². The molecule has 2 heterocycles. The molecule has 1 aliphatic rings. The van der Waals surface area contributed by atoms with Crippen molar-refractivity contribution in [1.82, 2.24) is 14.9 Å². The molecule has 1 amide bonds. The van der Waals surface area contributed by atoms with Crippen LogP contribution in [0.4, 0.5) is 0 Å². The number of hydrogen-bond acceptors (Lipinski definition) is 4. The number of nitrogens with zero attached hydrogens (tertiary/aromatic N) is 2. The minimum Gasteiger partial charge on any atom is -0.381 e. The van der Waals surface area contributed by atoms with Gasteiger partial charge in [-0.2, -0.15) is 4.98 Å². The van der Waals surface area contributed by atoms with E-state index in [4.69, 9.17) is 4.74 Å². The van der Waals surface area contributed by atoms with E-state index in [1.807, 2.05) is 6.92 Å². The first-order valence-corrected chi connectivity index (χ1v) is 7.46. The molecule has 1 aromatic rings. The second-order valence-electron chi connectivity index (χ2n) is 5.63. The molecule has 1 fully saturated rings.